The smallest absolute Gasteiger partial charge is 0.335 e. The van der Waals surface area contributed by atoms with Gasteiger partial charge in [-0.2, -0.15) is 0 Å². The average molecular weight is 340 g/mol. The fraction of sp³-hybridized carbons (Fsp3) is 0.364. The number of rotatable bonds is 2. The molecule has 0 fully saturated rings. The van der Waals surface area contributed by atoms with Gasteiger partial charge in [0.1, 0.15) is 6.29 Å². The van der Waals surface area contributed by atoms with Crippen LogP contribution in [0.25, 0.3) is 0 Å². The van der Waals surface area contributed by atoms with Crippen molar-refractivity contribution in [2.24, 2.45) is 0 Å². The highest BCUT2D eigenvalue weighted by Gasteiger charge is 2.14. The number of carbonyl (C=O) groups excluding carboxylic acids is 1. The van der Waals surface area contributed by atoms with E-state index < -0.39 is 5.97 Å². The molecule has 3 nitrogen and oxygen atoms in total. The first-order chi connectivity index (χ1) is 11.4. The predicted octanol–water partition coefficient (Wildman–Crippen LogP) is 5.48. The SMILES string of the molecule is CC(C)(C)c1ccc(C(=O)O)cc1.CC(C)(C)c1ccc(C=O)cc1. The Morgan fingerprint density at radius 1 is 0.760 bits per heavy atom. The van der Waals surface area contributed by atoms with Crippen LogP contribution in [0.2, 0.25) is 0 Å². The summed E-state index contributed by atoms with van der Waals surface area (Å²) in [5.74, 6) is -0.875. The summed E-state index contributed by atoms with van der Waals surface area (Å²) in [7, 11) is 0. The van der Waals surface area contributed by atoms with Crippen LogP contribution in [-0.4, -0.2) is 17.4 Å². The second-order valence-electron chi connectivity index (χ2n) is 8.12. The molecule has 3 heteroatoms. The van der Waals surface area contributed by atoms with E-state index in [1.807, 2.05) is 36.4 Å². The standard InChI is InChI=1S/C11H14O2.C11H14O/c1-11(2,3)9-6-4-8(5-7-9)10(12)13;1-11(2,3)10-6-4-9(8-12)5-7-10/h4-7H,1-3H3,(H,12,13);4-8H,1-3H3. The summed E-state index contributed by atoms with van der Waals surface area (Å²) in [4.78, 5) is 20.9. The van der Waals surface area contributed by atoms with Crippen LogP contribution in [0.3, 0.4) is 0 Å². The molecule has 0 unspecified atom stereocenters. The highest BCUT2D eigenvalue weighted by Crippen LogP contribution is 2.22. The number of aldehydes is 1. The summed E-state index contributed by atoms with van der Waals surface area (Å²) in [6.07, 6.45) is 0.867. The normalized spacial score (nSPS) is 11.3. The number of hydrogen-bond donors (Lipinski definition) is 1. The van der Waals surface area contributed by atoms with Crippen molar-refractivity contribution in [2.45, 2.75) is 52.4 Å². The van der Waals surface area contributed by atoms with E-state index >= 15 is 0 Å². The van der Waals surface area contributed by atoms with E-state index in [9.17, 15) is 9.59 Å². The average Bonchev–Trinajstić information content (AvgIpc) is 2.54. The van der Waals surface area contributed by atoms with Gasteiger partial charge in [-0.15, -0.1) is 0 Å². The summed E-state index contributed by atoms with van der Waals surface area (Å²) in [6, 6.07) is 14.7. The lowest BCUT2D eigenvalue weighted by Crippen LogP contribution is -2.11. The van der Waals surface area contributed by atoms with Crippen LogP contribution in [0.4, 0.5) is 0 Å². The summed E-state index contributed by atoms with van der Waals surface area (Å²) in [6.45, 7) is 12.8. The number of benzene rings is 2. The molecule has 134 valence electrons. The molecule has 0 amide bonds. The predicted molar refractivity (Wildman–Crippen MR) is 103 cm³/mol. The van der Waals surface area contributed by atoms with Crippen LogP contribution < -0.4 is 0 Å². The largest absolute Gasteiger partial charge is 0.478 e. The Bertz CT molecular complexity index is 697. The highest BCUT2D eigenvalue weighted by atomic mass is 16.4. The lowest BCUT2D eigenvalue weighted by molar-refractivity contribution is 0.0696. The Labute approximate surface area is 150 Å². The fourth-order valence-electron chi connectivity index (χ4n) is 2.17. The van der Waals surface area contributed by atoms with E-state index in [1.54, 1.807) is 12.1 Å². The van der Waals surface area contributed by atoms with Gasteiger partial charge < -0.3 is 5.11 Å². The molecule has 0 radical (unpaired) electrons. The number of aromatic carboxylic acids is 1. The maximum absolute atomic E-state index is 10.6. The van der Waals surface area contributed by atoms with Crippen molar-refractivity contribution in [3.63, 3.8) is 0 Å². The quantitative estimate of drug-likeness (QED) is 0.737. The van der Waals surface area contributed by atoms with E-state index in [1.165, 1.54) is 5.56 Å². The molecule has 2 aromatic rings. The molecular formula is C22H28O3. The molecule has 0 aliphatic rings. The van der Waals surface area contributed by atoms with Crippen molar-refractivity contribution in [3.8, 4) is 0 Å². The first-order valence-corrected chi connectivity index (χ1v) is 8.34. The lowest BCUT2D eigenvalue weighted by atomic mass is 9.87. The van der Waals surface area contributed by atoms with Gasteiger partial charge in [0.15, 0.2) is 0 Å². The summed E-state index contributed by atoms with van der Waals surface area (Å²) < 4.78 is 0. The molecular weight excluding hydrogens is 312 g/mol. The fourth-order valence-corrected chi connectivity index (χ4v) is 2.17. The molecule has 0 aliphatic carbocycles. The van der Waals surface area contributed by atoms with Gasteiger partial charge in [0.25, 0.3) is 0 Å². The third kappa shape index (κ3) is 6.54. The van der Waals surface area contributed by atoms with Gasteiger partial charge in [-0.3, -0.25) is 4.79 Å². The Hall–Kier alpha value is -2.42. The van der Waals surface area contributed by atoms with Gasteiger partial charge in [-0.25, -0.2) is 4.79 Å². The summed E-state index contributed by atoms with van der Waals surface area (Å²) in [5.41, 5.74) is 3.74. The Morgan fingerprint density at radius 2 is 1.12 bits per heavy atom. The van der Waals surface area contributed by atoms with Gasteiger partial charge in [0.05, 0.1) is 5.56 Å². The maximum Gasteiger partial charge on any atom is 0.335 e. The molecule has 2 rings (SSSR count). The first-order valence-electron chi connectivity index (χ1n) is 8.34. The summed E-state index contributed by atoms with van der Waals surface area (Å²) >= 11 is 0. The zero-order valence-electron chi connectivity index (χ0n) is 16.0. The van der Waals surface area contributed by atoms with Crippen LogP contribution in [0.15, 0.2) is 48.5 Å². The van der Waals surface area contributed by atoms with E-state index in [4.69, 9.17) is 5.11 Å². The molecule has 0 aromatic heterocycles. The van der Waals surface area contributed by atoms with Crippen molar-refractivity contribution in [3.05, 3.63) is 70.8 Å². The second-order valence-corrected chi connectivity index (χ2v) is 8.12. The molecule has 0 atom stereocenters. The van der Waals surface area contributed by atoms with Crippen molar-refractivity contribution in [2.75, 3.05) is 0 Å². The minimum Gasteiger partial charge on any atom is -0.478 e. The Balaban J connectivity index is 0.000000251. The van der Waals surface area contributed by atoms with Crippen LogP contribution >= 0.6 is 0 Å². The van der Waals surface area contributed by atoms with Crippen LogP contribution in [0.1, 0.15) is 73.4 Å². The number of carboxylic acids is 1. The minimum atomic E-state index is -0.875. The third-order valence-electron chi connectivity index (χ3n) is 3.91. The molecule has 0 aliphatic heterocycles. The van der Waals surface area contributed by atoms with E-state index in [-0.39, 0.29) is 10.8 Å². The van der Waals surface area contributed by atoms with Crippen LogP contribution in [0.5, 0.6) is 0 Å². The molecule has 0 saturated heterocycles. The van der Waals surface area contributed by atoms with Crippen molar-refractivity contribution < 1.29 is 14.7 Å². The van der Waals surface area contributed by atoms with Gasteiger partial charge in [0, 0.05) is 5.56 Å². The molecule has 1 N–H and O–H groups in total. The van der Waals surface area contributed by atoms with E-state index in [0.717, 1.165) is 17.4 Å². The first kappa shape index (κ1) is 20.6. The van der Waals surface area contributed by atoms with Crippen molar-refractivity contribution >= 4 is 12.3 Å². The summed E-state index contributed by atoms with van der Waals surface area (Å²) in [5, 5.41) is 8.68. The Morgan fingerprint density at radius 3 is 1.40 bits per heavy atom. The van der Waals surface area contributed by atoms with Gasteiger partial charge in [-0.05, 0) is 34.1 Å². The second kappa shape index (κ2) is 8.11. The topological polar surface area (TPSA) is 54.4 Å². The molecule has 25 heavy (non-hydrogen) atoms. The molecule has 2 aromatic carbocycles. The van der Waals surface area contributed by atoms with Crippen LogP contribution in [0, 0.1) is 0 Å². The number of hydrogen-bond acceptors (Lipinski definition) is 2. The van der Waals surface area contributed by atoms with Gasteiger partial charge in [0.2, 0.25) is 0 Å². The Kier molecular flexibility index (Phi) is 6.69. The van der Waals surface area contributed by atoms with Gasteiger partial charge >= 0.3 is 5.97 Å². The van der Waals surface area contributed by atoms with E-state index in [0.29, 0.717) is 5.56 Å². The maximum atomic E-state index is 10.6. The monoisotopic (exact) mass is 340 g/mol. The number of carbonyl (C=O) groups is 2. The van der Waals surface area contributed by atoms with Crippen LogP contribution in [-0.2, 0) is 10.8 Å². The zero-order chi connectivity index (χ0) is 19.3. The van der Waals surface area contributed by atoms with Gasteiger partial charge in [-0.1, -0.05) is 77.9 Å². The molecule has 0 bridgehead atoms. The number of carboxylic acid groups (broad SMARTS) is 1. The zero-order valence-corrected chi connectivity index (χ0v) is 16.0. The molecule has 0 heterocycles. The minimum absolute atomic E-state index is 0.0804. The van der Waals surface area contributed by atoms with Crippen molar-refractivity contribution in [1.82, 2.24) is 0 Å². The lowest BCUT2D eigenvalue weighted by Gasteiger charge is -2.18. The third-order valence-corrected chi connectivity index (χ3v) is 3.91. The highest BCUT2D eigenvalue weighted by molar-refractivity contribution is 5.87. The van der Waals surface area contributed by atoms with E-state index in [2.05, 4.69) is 41.5 Å². The molecule has 0 saturated carbocycles. The molecule has 0 spiro atoms. The van der Waals surface area contributed by atoms with Crippen molar-refractivity contribution in [1.29, 1.82) is 0 Å².